The number of benzene rings is 2. The number of ketones is 1. The maximum atomic E-state index is 13.2. The molecule has 0 bridgehead atoms. The number of aryl methyl sites for hydroxylation is 3. The Balaban J connectivity index is 1.54. The molecule has 1 saturated heterocycles. The fourth-order valence-electron chi connectivity index (χ4n) is 4.86. The molecule has 1 N–H and O–H groups in total. The van der Waals surface area contributed by atoms with Crippen LogP contribution >= 0.6 is 0 Å². The van der Waals surface area contributed by atoms with Crippen molar-refractivity contribution in [1.82, 2.24) is 9.21 Å². The SMILES string of the molecule is COc1cc(C)c(S(=O)(=O)N(C)CCC(=O)Cc2ccc(NCC3CCN(C)CC3)c(C)c2)c(C)c1. The van der Waals surface area contributed by atoms with Crippen LogP contribution in [0.5, 0.6) is 5.75 Å². The third-order valence-corrected chi connectivity index (χ3v) is 9.32. The molecule has 7 nitrogen and oxygen atoms in total. The van der Waals surface area contributed by atoms with Crippen molar-refractivity contribution in [3.05, 3.63) is 52.6 Å². The van der Waals surface area contributed by atoms with Crippen LogP contribution in [-0.4, -0.2) is 70.8 Å². The number of likely N-dealkylation sites (tertiary alicyclic amines) is 1. The van der Waals surface area contributed by atoms with Gasteiger partial charge in [0.05, 0.1) is 12.0 Å². The number of anilines is 1. The van der Waals surface area contributed by atoms with Gasteiger partial charge in [0.25, 0.3) is 0 Å². The van der Waals surface area contributed by atoms with E-state index in [9.17, 15) is 13.2 Å². The summed E-state index contributed by atoms with van der Waals surface area (Å²) in [5.41, 5.74) is 4.45. The Morgan fingerprint density at radius 3 is 2.31 bits per heavy atom. The Morgan fingerprint density at radius 2 is 1.72 bits per heavy atom. The lowest BCUT2D eigenvalue weighted by Crippen LogP contribution is -2.33. The molecule has 3 rings (SSSR count). The topological polar surface area (TPSA) is 79.0 Å². The number of sulfonamides is 1. The van der Waals surface area contributed by atoms with Crippen molar-refractivity contribution in [2.24, 2.45) is 5.92 Å². The van der Waals surface area contributed by atoms with Crippen LogP contribution in [0.3, 0.4) is 0 Å². The molecule has 1 aliphatic rings. The number of ether oxygens (including phenoxy) is 1. The molecule has 198 valence electrons. The first-order chi connectivity index (χ1) is 17.0. The third kappa shape index (κ3) is 7.08. The monoisotopic (exact) mass is 515 g/mol. The largest absolute Gasteiger partial charge is 0.497 e. The molecule has 0 radical (unpaired) electrons. The summed E-state index contributed by atoms with van der Waals surface area (Å²) in [6.07, 6.45) is 2.90. The second-order valence-corrected chi connectivity index (χ2v) is 12.1. The van der Waals surface area contributed by atoms with Crippen molar-refractivity contribution < 1.29 is 17.9 Å². The summed E-state index contributed by atoms with van der Waals surface area (Å²) >= 11 is 0. The number of nitrogens with one attached hydrogen (secondary N) is 1. The zero-order valence-corrected chi connectivity index (χ0v) is 23.4. The maximum absolute atomic E-state index is 13.2. The normalized spacial score (nSPS) is 15.3. The quantitative estimate of drug-likeness (QED) is 0.483. The van der Waals surface area contributed by atoms with E-state index >= 15 is 0 Å². The van der Waals surface area contributed by atoms with Crippen molar-refractivity contribution in [1.29, 1.82) is 0 Å². The van der Waals surface area contributed by atoms with Crippen LogP contribution in [0.15, 0.2) is 35.2 Å². The van der Waals surface area contributed by atoms with Gasteiger partial charge in [-0.1, -0.05) is 12.1 Å². The molecule has 0 unspecified atom stereocenters. The molecule has 0 saturated carbocycles. The van der Waals surface area contributed by atoms with E-state index in [4.69, 9.17) is 4.74 Å². The zero-order chi connectivity index (χ0) is 26.5. The molecule has 2 aromatic rings. The van der Waals surface area contributed by atoms with Gasteiger partial charge < -0.3 is 15.0 Å². The lowest BCUT2D eigenvalue weighted by atomic mass is 9.97. The van der Waals surface area contributed by atoms with Gasteiger partial charge in [0.2, 0.25) is 10.0 Å². The van der Waals surface area contributed by atoms with Crippen molar-refractivity contribution in [3.8, 4) is 5.75 Å². The number of carbonyl (C=O) groups is 1. The number of nitrogens with zero attached hydrogens (tertiary/aromatic N) is 2. The van der Waals surface area contributed by atoms with E-state index in [1.165, 1.54) is 24.2 Å². The van der Waals surface area contributed by atoms with E-state index in [0.717, 1.165) is 36.4 Å². The van der Waals surface area contributed by atoms with Gasteiger partial charge in [-0.3, -0.25) is 4.79 Å². The smallest absolute Gasteiger partial charge is 0.243 e. The maximum Gasteiger partial charge on any atom is 0.243 e. The summed E-state index contributed by atoms with van der Waals surface area (Å²) < 4.78 is 32.9. The molecule has 8 heteroatoms. The second-order valence-electron chi connectivity index (χ2n) is 10.2. The summed E-state index contributed by atoms with van der Waals surface area (Å²) in [7, 11) is 1.55. The van der Waals surface area contributed by atoms with Gasteiger partial charge in [-0.15, -0.1) is 0 Å². The van der Waals surface area contributed by atoms with Crippen LogP contribution in [-0.2, 0) is 21.2 Å². The first kappa shape index (κ1) is 28.2. The summed E-state index contributed by atoms with van der Waals surface area (Å²) in [4.78, 5) is 15.3. The fraction of sp³-hybridized carbons (Fsp3) is 0.536. The molecule has 0 amide bonds. The highest BCUT2D eigenvalue weighted by Gasteiger charge is 2.26. The molecule has 0 atom stereocenters. The minimum absolute atomic E-state index is 0.0201. The summed E-state index contributed by atoms with van der Waals surface area (Å²) in [6, 6.07) is 9.53. The zero-order valence-electron chi connectivity index (χ0n) is 22.6. The molecule has 1 fully saturated rings. The number of hydrogen-bond acceptors (Lipinski definition) is 6. The minimum atomic E-state index is -3.71. The standard InChI is InChI=1S/C28H41N3O4S/c1-20-15-24(7-8-27(20)29-19-23-9-12-30(4)13-10-23)18-25(32)11-14-31(5)36(33,34)28-21(2)16-26(35-6)17-22(28)3/h7-8,15-17,23,29H,9-14,18-19H2,1-6H3. The van der Waals surface area contributed by atoms with E-state index in [0.29, 0.717) is 29.2 Å². The van der Waals surface area contributed by atoms with E-state index in [2.05, 4.69) is 36.3 Å². The predicted molar refractivity (Wildman–Crippen MR) is 146 cm³/mol. The molecule has 0 aliphatic carbocycles. The van der Waals surface area contributed by atoms with E-state index in [-0.39, 0.29) is 23.6 Å². The minimum Gasteiger partial charge on any atom is -0.497 e. The first-order valence-electron chi connectivity index (χ1n) is 12.7. The molecule has 2 aromatic carbocycles. The van der Waals surface area contributed by atoms with Gasteiger partial charge in [0.15, 0.2) is 0 Å². The summed E-state index contributed by atoms with van der Waals surface area (Å²) in [6.45, 7) is 9.00. The highest BCUT2D eigenvalue weighted by molar-refractivity contribution is 7.89. The molecular formula is C28H41N3O4S. The second kappa shape index (κ2) is 12.2. The summed E-state index contributed by atoms with van der Waals surface area (Å²) in [5, 5.41) is 3.58. The lowest BCUT2D eigenvalue weighted by molar-refractivity contribution is -0.118. The number of piperidine rings is 1. The van der Waals surface area contributed by atoms with E-state index in [1.54, 1.807) is 33.1 Å². The van der Waals surface area contributed by atoms with Gasteiger partial charge in [-0.2, -0.15) is 0 Å². The Hall–Kier alpha value is -2.42. The van der Waals surface area contributed by atoms with Crippen molar-refractivity contribution in [3.63, 3.8) is 0 Å². The van der Waals surface area contributed by atoms with Crippen LogP contribution in [0, 0.1) is 26.7 Å². The number of rotatable bonds is 11. The van der Waals surface area contributed by atoms with Gasteiger partial charge in [-0.25, -0.2) is 12.7 Å². The predicted octanol–water partition coefficient (Wildman–Crippen LogP) is 4.20. The number of Topliss-reactive ketones (excluding diaryl/α,β-unsaturated/α-hetero) is 1. The molecule has 0 spiro atoms. The van der Waals surface area contributed by atoms with Crippen molar-refractivity contribution in [2.75, 3.05) is 52.7 Å². The Kier molecular flexibility index (Phi) is 9.55. The van der Waals surface area contributed by atoms with Crippen LogP contribution in [0.1, 0.15) is 41.5 Å². The highest BCUT2D eigenvalue weighted by atomic mass is 32.2. The number of methoxy groups -OCH3 is 1. The van der Waals surface area contributed by atoms with Crippen LogP contribution in [0.25, 0.3) is 0 Å². The Labute approximate surface area is 216 Å². The average Bonchev–Trinajstić information content (AvgIpc) is 2.82. The number of carbonyl (C=O) groups excluding carboxylic acids is 1. The Morgan fingerprint density at radius 1 is 1.08 bits per heavy atom. The van der Waals surface area contributed by atoms with E-state index < -0.39 is 10.0 Å². The van der Waals surface area contributed by atoms with Crippen molar-refractivity contribution >= 4 is 21.5 Å². The molecule has 1 heterocycles. The molecule has 36 heavy (non-hydrogen) atoms. The van der Waals surface area contributed by atoms with Gasteiger partial charge in [0, 0.05) is 38.7 Å². The first-order valence-corrected chi connectivity index (χ1v) is 14.1. The van der Waals surface area contributed by atoms with Crippen molar-refractivity contribution in [2.45, 2.75) is 51.3 Å². The van der Waals surface area contributed by atoms with Gasteiger partial charge in [-0.05, 0) is 100 Å². The average molecular weight is 516 g/mol. The number of hydrogen-bond donors (Lipinski definition) is 1. The fourth-order valence-corrected chi connectivity index (χ4v) is 6.44. The van der Waals surface area contributed by atoms with Crippen LogP contribution in [0.4, 0.5) is 5.69 Å². The van der Waals surface area contributed by atoms with Crippen LogP contribution in [0.2, 0.25) is 0 Å². The third-order valence-electron chi connectivity index (χ3n) is 7.15. The van der Waals surface area contributed by atoms with Gasteiger partial charge >= 0.3 is 0 Å². The van der Waals surface area contributed by atoms with Gasteiger partial charge in [0.1, 0.15) is 11.5 Å². The van der Waals surface area contributed by atoms with E-state index in [1.807, 2.05) is 6.07 Å². The highest BCUT2D eigenvalue weighted by Crippen LogP contribution is 2.28. The van der Waals surface area contributed by atoms with Crippen LogP contribution < -0.4 is 10.1 Å². The summed E-state index contributed by atoms with van der Waals surface area (Å²) in [5.74, 6) is 1.34. The lowest BCUT2D eigenvalue weighted by Gasteiger charge is -2.29. The molecule has 1 aliphatic heterocycles. The molecular weight excluding hydrogens is 474 g/mol. The Bertz CT molecular complexity index is 1150. The molecule has 0 aromatic heterocycles.